The molecular formula is C20H22F3N5O3. The smallest absolute Gasteiger partial charge is 0.475 e. The monoisotopic (exact) mass is 437 g/mol. The maximum atomic E-state index is 12.4. The van der Waals surface area contributed by atoms with Gasteiger partial charge in [-0.1, -0.05) is 12.1 Å². The summed E-state index contributed by atoms with van der Waals surface area (Å²) in [5.41, 5.74) is 3.49. The molecule has 4 rings (SSSR count). The number of aromatic nitrogens is 3. The Morgan fingerprint density at radius 2 is 2.00 bits per heavy atom. The number of carboxylic acid groups (broad SMARTS) is 1. The standard InChI is InChI=1S/C18H21N5O.C2HF3O2/c1-13-21-11-15-12-22(9-10-23(13)15)18(24)20-7-5-14-3-2-4-17-16(14)6-8-19-17;3-2(4,5)1(6)7/h2-4,6,8,11,19H,5,7,9-10,12H2,1H3,(H,20,24);(H,6,7). The summed E-state index contributed by atoms with van der Waals surface area (Å²) in [6.45, 7) is 4.81. The predicted molar refractivity (Wildman–Crippen MR) is 106 cm³/mol. The lowest BCUT2D eigenvalue weighted by molar-refractivity contribution is -0.192. The van der Waals surface area contributed by atoms with Crippen LogP contribution < -0.4 is 5.32 Å². The lowest BCUT2D eigenvalue weighted by Gasteiger charge is -2.28. The van der Waals surface area contributed by atoms with Gasteiger partial charge in [0.2, 0.25) is 0 Å². The topological polar surface area (TPSA) is 103 Å². The van der Waals surface area contributed by atoms with Gasteiger partial charge in [0, 0.05) is 36.7 Å². The molecule has 0 fully saturated rings. The number of urea groups is 1. The molecule has 1 aromatic carbocycles. The molecule has 1 aliphatic heterocycles. The Labute approximate surface area is 175 Å². The van der Waals surface area contributed by atoms with Crippen molar-refractivity contribution in [2.24, 2.45) is 0 Å². The van der Waals surface area contributed by atoms with E-state index in [2.05, 4.69) is 38.1 Å². The fourth-order valence-electron chi connectivity index (χ4n) is 3.40. The van der Waals surface area contributed by atoms with Gasteiger partial charge in [-0.3, -0.25) is 0 Å². The molecule has 0 radical (unpaired) electrons. The van der Waals surface area contributed by atoms with Crippen LogP contribution in [0.5, 0.6) is 0 Å². The molecular weight excluding hydrogens is 415 g/mol. The van der Waals surface area contributed by atoms with Crippen molar-refractivity contribution in [3.05, 3.63) is 53.7 Å². The third-order valence-electron chi connectivity index (χ3n) is 4.97. The molecule has 8 nitrogen and oxygen atoms in total. The summed E-state index contributed by atoms with van der Waals surface area (Å²) in [5, 5.41) is 11.4. The summed E-state index contributed by atoms with van der Waals surface area (Å²) in [5.74, 6) is -1.74. The Bertz CT molecular complexity index is 1070. The number of nitrogens with one attached hydrogen (secondary N) is 2. The lowest BCUT2D eigenvalue weighted by Crippen LogP contribution is -2.44. The highest BCUT2D eigenvalue weighted by Gasteiger charge is 2.38. The maximum absolute atomic E-state index is 12.4. The Balaban J connectivity index is 0.000000339. The van der Waals surface area contributed by atoms with E-state index in [0.29, 0.717) is 13.1 Å². The van der Waals surface area contributed by atoms with Crippen LogP contribution in [0.3, 0.4) is 0 Å². The summed E-state index contributed by atoms with van der Waals surface area (Å²) >= 11 is 0. The van der Waals surface area contributed by atoms with E-state index in [9.17, 15) is 18.0 Å². The van der Waals surface area contributed by atoms with Crippen LogP contribution in [0.1, 0.15) is 17.1 Å². The number of aromatic amines is 1. The number of carbonyl (C=O) groups excluding carboxylic acids is 1. The molecule has 3 heterocycles. The van der Waals surface area contributed by atoms with Crippen LogP contribution in [-0.4, -0.2) is 55.8 Å². The third-order valence-corrected chi connectivity index (χ3v) is 4.97. The zero-order chi connectivity index (χ0) is 22.6. The van der Waals surface area contributed by atoms with Gasteiger partial charge in [0.05, 0.1) is 18.4 Å². The predicted octanol–water partition coefficient (Wildman–Crippen LogP) is 3.07. The Hall–Kier alpha value is -3.50. The van der Waals surface area contributed by atoms with Crippen LogP contribution >= 0.6 is 0 Å². The number of halogens is 3. The number of H-pyrrole nitrogens is 1. The fraction of sp³-hybridized carbons (Fsp3) is 0.350. The molecule has 2 aromatic heterocycles. The summed E-state index contributed by atoms with van der Waals surface area (Å²) in [7, 11) is 0. The number of imidazole rings is 1. The lowest BCUT2D eigenvalue weighted by atomic mass is 10.1. The van der Waals surface area contributed by atoms with Crippen LogP contribution in [0, 0.1) is 6.92 Å². The molecule has 0 atom stereocenters. The van der Waals surface area contributed by atoms with Gasteiger partial charge in [0.1, 0.15) is 5.82 Å². The van der Waals surface area contributed by atoms with E-state index in [-0.39, 0.29) is 6.03 Å². The summed E-state index contributed by atoms with van der Waals surface area (Å²) in [6.07, 6.45) is -0.446. The molecule has 0 saturated carbocycles. The third kappa shape index (κ3) is 5.36. The Kier molecular flexibility index (Phi) is 6.52. The highest BCUT2D eigenvalue weighted by Crippen LogP contribution is 2.18. The number of fused-ring (bicyclic) bond motifs is 2. The number of rotatable bonds is 3. The first-order valence-electron chi connectivity index (χ1n) is 9.55. The van der Waals surface area contributed by atoms with E-state index in [1.165, 1.54) is 10.9 Å². The Morgan fingerprint density at radius 1 is 1.26 bits per heavy atom. The highest BCUT2D eigenvalue weighted by atomic mass is 19.4. The summed E-state index contributed by atoms with van der Waals surface area (Å²) in [4.78, 5) is 30.7. The quantitative estimate of drug-likeness (QED) is 0.586. The van der Waals surface area contributed by atoms with Crippen LogP contribution in [0.4, 0.5) is 18.0 Å². The van der Waals surface area contributed by atoms with Crippen molar-refractivity contribution < 1.29 is 27.9 Å². The van der Waals surface area contributed by atoms with Crippen LogP contribution in [0.2, 0.25) is 0 Å². The van der Waals surface area contributed by atoms with Crippen molar-refractivity contribution in [3.63, 3.8) is 0 Å². The number of amides is 2. The normalized spacial score (nSPS) is 13.4. The van der Waals surface area contributed by atoms with E-state index < -0.39 is 12.1 Å². The first-order chi connectivity index (χ1) is 14.7. The molecule has 3 aromatic rings. The molecule has 166 valence electrons. The molecule has 1 aliphatic rings. The second-order valence-corrected chi connectivity index (χ2v) is 7.01. The molecule has 2 amide bonds. The summed E-state index contributed by atoms with van der Waals surface area (Å²) in [6, 6.07) is 8.31. The minimum Gasteiger partial charge on any atom is -0.475 e. The second kappa shape index (κ2) is 9.11. The van der Waals surface area contributed by atoms with Gasteiger partial charge in [0.15, 0.2) is 0 Å². The fourth-order valence-corrected chi connectivity index (χ4v) is 3.40. The number of hydrogen-bond donors (Lipinski definition) is 3. The van der Waals surface area contributed by atoms with Crippen molar-refractivity contribution in [1.82, 2.24) is 24.8 Å². The minimum atomic E-state index is -5.08. The molecule has 31 heavy (non-hydrogen) atoms. The molecule has 0 aliphatic carbocycles. The van der Waals surface area contributed by atoms with Gasteiger partial charge in [-0.25, -0.2) is 14.6 Å². The van der Waals surface area contributed by atoms with Crippen molar-refractivity contribution in [2.75, 3.05) is 13.1 Å². The van der Waals surface area contributed by atoms with E-state index in [1.54, 1.807) is 0 Å². The second-order valence-electron chi connectivity index (χ2n) is 7.01. The molecule has 11 heteroatoms. The largest absolute Gasteiger partial charge is 0.490 e. The van der Waals surface area contributed by atoms with Crippen LogP contribution in [-0.2, 0) is 24.3 Å². The van der Waals surface area contributed by atoms with E-state index in [4.69, 9.17) is 9.90 Å². The van der Waals surface area contributed by atoms with Crippen LogP contribution in [0.15, 0.2) is 36.7 Å². The molecule has 0 bridgehead atoms. The van der Waals surface area contributed by atoms with Crippen molar-refractivity contribution in [3.8, 4) is 0 Å². The zero-order valence-electron chi connectivity index (χ0n) is 16.7. The van der Waals surface area contributed by atoms with Gasteiger partial charge in [0.25, 0.3) is 0 Å². The molecule has 3 N–H and O–H groups in total. The Morgan fingerprint density at radius 3 is 2.71 bits per heavy atom. The van der Waals surface area contributed by atoms with Crippen molar-refractivity contribution >= 4 is 22.9 Å². The van der Waals surface area contributed by atoms with Gasteiger partial charge < -0.3 is 24.9 Å². The first-order valence-corrected chi connectivity index (χ1v) is 9.55. The van der Waals surface area contributed by atoms with E-state index in [1.807, 2.05) is 30.3 Å². The van der Waals surface area contributed by atoms with Crippen molar-refractivity contribution in [1.29, 1.82) is 0 Å². The van der Waals surface area contributed by atoms with Gasteiger partial charge >= 0.3 is 18.2 Å². The highest BCUT2D eigenvalue weighted by molar-refractivity contribution is 5.83. The number of aliphatic carboxylic acids is 1. The number of aryl methyl sites for hydroxylation is 1. The molecule has 0 spiro atoms. The van der Waals surface area contributed by atoms with Gasteiger partial charge in [-0.05, 0) is 31.0 Å². The number of alkyl halides is 3. The number of carboxylic acids is 1. The number of hydrogen-bond acceptors (Lipinski definition) is 3. The van der Waals surface area contributed by atoms with Gasteiger partial charge in [-0.2, -0.15) is 13.2 Å². The zero-order valence-corrected chi connectivity index (χ0v) is 16.7. The number of benzene rings is 1. The SMILES string of the molecule is Cc1ncc2n1CCN(C(=O)NCCc1cccc3[nH]ccc13)C2.O=C(O)C(F)(F)F. The molecule has 0 saturated heterocycles. The number of carbonyl (C=O) groups is 2. The minimum absolute atomic E-state index is 0.00125. The average Bonchev–Trinajstić information content (AvgIpc) is 3.34. The van der Waals surface area contributed by atoms with Gasteiger partial charge in [-0.15, -0.1) is 0 Å². The van der Waals surface area contributed by atoms with Crippen molar-refractivity contribution in [2.45, 2.75) is 32.6 Å². The average molecular weight is 437 g/mol. The maximum Gasteiger partial charge on any atom is 0.490 e. The van der Waals surface area contributed by atoms with Crippen LogP contribution in [0.25, 0.3) is 10.9 Å². The summed E-state index contributed by atoms with van der Waals surface area (Å²) < 4.78 is 33.9. The first kappa shape index (κ1) is 22.2. The van der Waals surface area contributed by atoms with E-state index in [0.717, 1.165) is 36.5 Å². The van der Waals surface area contributed by atoms with E-state index >= 15 is 0 Å². The number of nitrogens with zero attached hydrogens (tertiary/aromatic N) is 3. The molecule has 0 unspecified atom stereocenters.